The summed E-state index contributed by atoms with van der Waals surface area (Å²) in [6, 6.07) is 11.2. The lowest BCUT2D eigenvalue weighted by Crippen LogP contribution is -2.47. The van der Waals surface area contributed by atoms with Crippen LogP contribution in [-0.2, 0) is 21.4 Å². The molecule has 0 heterocycles. The number of amides is 1. The summed E-state index contributed by atoms with van der Waals surface area (Å²) in [7, 11) is -3.88. The van der Waals surface area contributed by atoms with Crippen LogP contribution in [0.2, 0.25) is 0 Å². The summed E-state index contributed by atoms with van der Waals surface area (Å²) in [6.07, 6.45) is 0.954. The van der Waals surface area contributed by atoms with Gasteiger partial charge in [0.25, 0.3) is 5.69 Å². The third-order valence-corrected chi connectivity index (χ3v) is 5.36. The number of carbonyl (C=O) groups is 1. The van der Waals surface area contributed by atoms with Crippen molar-refractivity contribution in [2.24, 2.45) is 0 Å². The van der Waals surface area contributed by atoms with Crippen molar-refractivity contribution in [1.29, 1.82) is 0 Å². The minimum absolute atomic E-state index is 0.00751. The fourth-order valence-corrected chi connectivity index (χ4v) is 4.06. The Morgan fingerprint density at radius 1 is 1.17 bits per heavy atom. The number of nitrogens with zero attached hydrogens (tertiary/aromatic N) is 2. The minimum Gasteiger partial charge on any atom is -0.491 e. The summed E-state index contributed by atoms with van der Waals surface area (Å²) >= 11 is 0. The Hall–Kier alpha value is -3.14. The number of nitro groups is 1. The maximum atomic E-state index is 12.7. The average Bonchev–Trinajstić information content (AvgIpc) is 2.65. The monoisotopic (exact) mass is 435 g/mol. The minimum atomic E-state index is -3.88. The molecule has 0 spiro atoms. The van der Waals surface area contributed by atoms with Crippen LogP contribution in [0, 0.1) is 10.1 Å². The molecule has 1 amide bonds. The van der Waals surface area contributed by atoms with Gasteiger partial charge >= 0.3 is 0 Å². The van der Waals surface area contributed by atoms with Gasteiger partial charge in [-0.15, -0.1) is 0 Å². The van der Waals surface area contributed by atoms with E-state index in [0.717, 1.165) is 22.2 Å². The molecule has 0 saturated heterocycles. The fourth-order valence-electron chi connectivity index (χ4n) is 2.89. The van der Waals surface area contributed by atoms with Crippen LogP contribution in [0.3, 0.4) is 0 Å². The predicted molar refractivity (Wildman–Crippen MR) is 114 cm³/mol. The molecule has 30 heavy (non-hydrogen) atoms. The van der Waals surface area contributed by atoms with E-state index in [1.807, 2.05) is 26.0 Å². The van der Waals surface area contributed by atoms with Crippen molar-refractivity contribution in [3.63, 3.8) is 0 Å². The van der Waals surface area contributed by atoms with Crippen LogP contribution in [-0.4, -0.2) is 37.6 Å². The molecular formula is C20H25N3O6S. The maximum absolute atomic E-state index is 12.7. The molecule has 1 atom stereocenters. The molecule has 1 unspecified atom stereocenters. The number of nitrogens with one attached hydrogen (secondary N) is 1. The van der Waals surface area contributed by atoms with Crippen molar-refractivity contribution < 1.29 is 22.9 Å². The van der Waals surface area contributed by atoms with Gasteiger partial charge in [0.15, 0.2) is 0 Å². The largest absolute Gasteiger partial charge is 0.491 e. The van der Waals surface area contributed by atoms with Crippen molar-refractivity contribution in [2.45, 2.75) is 39.5 Å². The summed E-state index contributed by atoms with van der Waals surface area (Å²) in [4.78, 5) is 23.1. The second-order valence-electron chi connectivity index (χ2n) is 7.04. The van der Waals surface area contributed by atoms with Crippen LogP contribution in [0.1, 0.15) is 26.3 Å². The van der Waals surface area contributed by atoms with Gasteiger partial charge in [-0.2, -0.15) is 0 Å². The number of benzene rings is 2. The first-order chi connectivity index (χ1) is 14.0. The Morgan fingerprint density at radius 2 is 1.83 bits per heavy atom. The number of rotatable bonds is 9. The van der Waals surface area contributed by atoms with Gasteiger partial charge in [0.1, 0.15) is 11.8 Å². The molecule has 0 aliphatic rings. The van der Waals surface area contributed by atoms with E-state index >= 15 is 0 Å². The van der Waals surface area contributed by atoms with Crippen LogP contribution < -0.4 is 14.4 Å². The van der Waals surface area contributed by atoms with E-state index in [9.17, 15) is 23.3 Å². The smallest absolute Gasteiger partial charge is 0.271 e. The van der Waals surface area contributed by atoms with Crippen LogP contribution >= 0.6 is 0 Å². The van der Waals surface area contributed by atoms with Crippen molar-refractivity contribution in [1.82, 2.24) is 5.32 Å². The zero-order chi connectivity index (χ0) is 22.5. The van der Waals surface area contributed by atoms with E-state index in [-0.39, 0.29) is 24.0 Å². The highest BCUT2D eigenvalue weighted by Gasteiger charge is 2.30. The van der Waals surface area contributed by atoms with Crippen molar-refractivity contribution in [2.75, 3.05) is 10.6 Å². The van der Waals surface area contributed by atoms with Crippen LogP contribution in [0.5, 0.6) is 5.75 Å². The number of ether oxygens (including phenoxy) is 1. The molecule has 2 aromatic rings. The second kappa shape index (κ2) is 9.57. The molecule has 0 radical (unpaired) electrons. The van der Waals surface area contributed by atoms with Crippen molar-refractivity contribution in [3.05, 3.63) is 64.2 Å². The Kier molecular flexibility index (Phi) is 7.38. The summed E-state index contributed by atoms with van der Waals surface area (Å²) < 4.78 is 31.2. The zero-order valence-corrected chi connectivity index (χ0v) is 18.0. The topological polar surface area (TPSA) is 119 Å². The van der Waals surface area contributed by atoms with E-state index in [1.165, 1.54) is 25.1 Å². The maximum Gasteiger partial charge on any atom is 0.271 e. The van der Waals surface area contributed by atoms with E-state index in [0.29, 0.717) is 5.75 Å². The fraction of sp³-hybridized carbons (Fsp3) is 0.350. The molecule has 162 valence electrons. The SMILES string of the molecule is CC(C)Oc1cccc(CNC(=O)C(C)N(c2cccc([N+](=O)[O-])c2)S(C)(=O)=O)c1. The summed E-state index contributed by atoms with van der Waals surface area (Å²) in [5, 5.41) is 13.7. The summed E-state index contributed by atoms with van der Waals surface area (Å²) in [5.41, 5.74) is 0.562. The Labute approximate surface area is 175 Å². The molecule has 0 aliphatic carbocycles. The second-order valence-corrected chi connectivity index (χ2v) is 8.90. The van der Waals surface area contributed by atoms with Gasteiger partial charge in [-0.3, -0.25) is 19.2 Å². The number of nitro benzene ring substituents is 1. The third-order valence-electron chi connectivity index (χ3n) is 4.12. The van der Waals surface area contributed by atoms with E-state index in [2.05, 4.69) is 5.32 Å². The number of hydrogen-bond donors (Lipinski definition) is 1. The quantitative estimate of drug-likeness (QED) is 0.478. The third kappa shape index (κ3) is 6.18. The number of anilines is 1. The van der Waals surface area contributed by atoms with Crippen LogP contribution in [0.15, 0.2) is 48.5 Å². The summed E-state index contributed by atoms with van der Waals surface area (Å²) in [6.45, 7) is 5.41. The normalized spacial score (nSPS) is 12.3. The molecule has 0 fully saturated rings. The molecule has 0 aliphatic heterocycles. The molecule has 0 bridgehead atoms. The van der Waals surface area contributed by atoms with Crippen molar-refractivity contribution in [3.8, 4) is 5.75 Å². The van der Waals surface area contributed by atoms with E-state index in [4.69, 9.17) is 4.74 Å². The molecule has 2 aromatic carbocycles. The Morgan fingerprint density at radius 3 is 2.43 bits per heavy atom. The van der Waals surface area contributed by atoms with Crippen LogP contribution in [0.25, 0.3) is 0 Å². The number of non-ortho nitro benzene ring substituents is 1. The highest BCUT2D eigenvalue weighted by molar-refractivity contribution is 7.92. The lowest BCUT2D eigenvalue weighted by Gasteiger charge is -2.28. The number of sulfonamides is 1. The van der Waals surface area contributed by atoms with E-state index < -0.39 is 26.9 Å². The molecule has 10 heteroatoms. The van der Waals surface area contributed by atoms with Crippen molar-refractivity contribution >= 4 is 27.3 Å². The molecule has 2 rings (SSSR count). The highest BCUT2D eigenvalue weighted by atomic mass is 32.2. The Balaban J connectivity index is 2.19. The standard InChI is InChI=1S/C20H25N3O6S/c1-14(2)29-19-10-5-7-16(11-19)13-21-20(24)15(3)22(30(4,27)28)17-8-6-9-18(12-17)23(25)26/h5-12,14-15H,13H2,1-4H3,(H,21,24). The van der Waals surface area contributed by atoms with Gasteiger partial charge in [0.2, 0.25) is 15.9 Å². The zero-order valence-electron chi connectivity index (χ0n) is 17.2. The first kappa shape index (κ1) is 23.1. The van der Waals surface area contributed by atoms with Gasteiger partial charge in [-0.05, 0) is 44.5 Å². The predicted octanol–water partition coefficient (Wildman–Crippen LogP) is 2.85. The van der Waals surface area contributed by atoms with Gasteiger partial charge < -0.3 is 10.1 Å². The molecule has 9 nitrogen and oxygen atoms in total. The average molecular weight is 436 g/mol. The highest BCUT2D eigenvalue weighted by Crippen LogP contribution is 2.25. The van der Waals surface area contributed by atoms with Gasteiger partial charge in [0, 0.05) is 18.7 Å². The lowest BCUT2D eigenvalue weighted by atomic mass is 10.2. The van der Waals surface area contributed by atoms with Crippen LogP contribution in [0.4, 0.5) is 11.4 Å². The number of carbonyl (C=O) groups excluding carboxylic acids is 1. The van der Waals surface area contributed by atoms with Gasteiger partial charge in [-0.25, -0.2) is 8.42 Å². The van der Waals surface area contributed by atoms with Gasteiger partial charge in [0.05, 0.1) is 23.0 Å². The summed E-state index contributed by atoms with van der Waals surface area (Å²) in [5.74, 6) is 0.126. The van der Waals surface area contributed by atoms with E-state index in [1.54, 1.807) is 12.1 Å². The first-order valence-corrected chi connectivity index (χ1v) is 11.1. The first-order valence-electron chi connectivity index (χ1n) is 9.26. The Bertz CT molecular complexity index is 1020. The molecule has 0 saturated carbocycles. The van der Waals surface area contributed by atoms with Gasteiger partial charge in [-0.1, -0.05) is 18.2 Å². The molecule has 0 aromatic heterocycles. The molecule has 1 N–H and O–H groups in total. The lowest BCUT2D eigenvalue weighted by molar-refractivity contribution is -0.384. The molecular weight excluding hydrogens is 410 g/mol. The number of hydrogen-bond acceptors (Lipinski definition) is 6.